The molecule has 0 aromatic rings. The van der Waals surface area contributed by atoms with E-state index in [0.29, 0.717) is 6.54 Å². The van der Waals surface area contributed by atoms with E-state index in [-0.39, 0.29) is 5.91 Å². The van der Waals surface area contributed by atoms with Crippen molar-refractivity contribution in [2.24, 2.45) is 5.41 Å². The molecule has 1 saturated heterocycles. The van der Waals surface area contributed by atoms with Crippen LogP contribution in [0.3, 0.4) is 0 Å². The lowest BCUT2D eigenvalue weighted by atomic mass is 9.88. The molecule has 0 aromatic heterocycles. The molecule has 110 valence electrons. The smallest absolute Gasteiger partial charge is 0.354 e. The molecule has 0 bridgehead atoms. The maximum atomic E-state index is 11.8. The van der Waals surface area contributed by atoms with Gasteiger partial charge in [0.15, 0.2) is 0 Å². The van der Waals surface area contributed by atoms with E-state index in [9.17, 15) is 22.8 Å². The molecular formula is C10H16F3N3O3. The second-order valence-corrected chi connectivity index (χ2v) is 4.93. The third-order valence-corrected chi connectivity index (χ3v) is 2.69. The minimum Gasteiger partial charge on any atom is -0.354 e. The molecule has 1 rings (SSSR count). The summed E-state index contributed by atoms with van der Waals surface area (Å²) in [5.41, 5.74) is 1.34. The Morgan fingerprint density at radius 3 is 2.63 bits per heavy atom. The molecule has 1 fully saturated rings. The molecule has 0 aliphatic carbocycles. The summed E-state index contributed by atoms with van der Waals surface area (Å²) in [6.45, 7) is 3.28. The van der Waals surface area contributed by atoms with Gasteiger partial charge in [-0.2, -0.15) is 13.2 Å². The van der Waals surface area contributed by atoms with Crippen LogP contribution in [-0.4, -0.2) is 37.3 Å². The molecule has 19 heavy (non-hydrogen) atoms. The number of nitrogens with one attached hydrogen (secondary N) is 3. The molecular weight excluding hydrogens is 267 g/mol. The second-order valence-electron chi connectivity index (χ2n) is 4.93. The lowest BCUT2D eigenvalue weighted by molar-refractivity contribution is -0.148. The van der Waals surface area contributed by atoms with Crippen LogP contribution in [0.15, 0.2) is 0 Å². The van der Waals surface area contributed by atoms with Crippen LogP contribution in [0.1, 0.15) is 20.3 Å². The lowest BCUT2D eigenvalue weighted by Crippen LogP contribution is -2.50. The van der Waals surface area contributed by atoms with Crippen molar-refractivity contribution in [3.05, 3.63) is 0 Å². The predicted octanol–water partition coefficient (Wildman–Crippen LogP) is 0.694. The minimum atomic E-state index is -4.34. The Morgan fingerprint density at radius 1 is 1.53 bits per heavy atom. The van der Waals surface area contributed by atoms with Crippen LogP contribution >= 0.6 is 0 Å². The van der Waals surface area contributed by atoms with Crippen LogP contribution in [0.4, 0.5) is 18.0 Å². The van der Waals surface area contributed by atoms with Crippen molar-refractivity contribution < 1.29 is 27.6 Å². The van der Waals surface area contributed by atoms with Gasteiger partial charge in [-0.1, -0.05) is 13.8 Å². The maximum absolute atomic E-state index is 11.8. The first kappa shape index (κ1) is 15.5. The summed E-state index contributed by atoms with van der Waals surface area (Å²) in [5, 5.41) is 4.93. The van der Waals surface area contributed by atoms with Gasteiger partial charge in [0.1, 0.15) is 6.04 Å². The quantitative estimate of drug-likeness (QED) is 0.525. The number of hydroxylamine groups is 1. The fraction of sp³-hybridized carbons (Fsp3) is 0.800. The van der Waals surface area contributed by atoms with Crippen LogP contribution in [0, 0.1) is 5.41 Å². The second kappa shape index (κ2) is 5.64. The highest BCUT2D eigenvalue weighted by atomic mass is 19.4. The van der Waals surface area contributed by atoms with Gasteiger partial charge in [-0.3, -0.25) is 9.63 Å². The van der Waals surface area contributed by atoms with Gasteiger partial charge in [0, 0.05) is 12.0 Å². The first-order valence-electron chi connectivity index (χ1n) is 5.64. The molecule has 0 unspecified atom stereocenters. The van der Waals surface area contributed by atoms with Crippen molar-refractivity contribution >= 4 is 11.9 Å². The summed E-state index contributed by atoms with van der Waals surface area (Å²) in [6.07, 6.45) is -5.51. The van der Waals surface area contributed by atoms with Crippen LogP contribution in [0.25, 0.3) is 0 Å². The first-order valence-corrected chi connectivity index (χ1v) is 5.64. The zero-order chi connectivity index (χ0) is 14.7. The highest BCUT2D eigenvalue weighted by molar-refractivity contribution is 5.89. The van der Waals surface area contributed by atoms with Gasteiger partial charge in [0.25, 0.3) is 0 Å². The fourth-order valence-electron chi connectivity index (χ4n) is 1.58. The average molecular weight is 283 g/mol. The standard InChI is InChI=1S/C10H16F3N3O3/c1-9(2)5-14-7(17)6(9)15-8(18)16-19-4-3-10(11,12)13/h6H,3-5H2,1-2H3,(H,14,17)(H2,15,16,18)/t6-/m1/s1. The van der Waals surface area contributed by atoms with Crippen molar-refractivity contribution in [3.8, 4) is 0 Å². The number of alkyl halides is 3. The summed E-state index contributed by atoms with van der Waals surface area (Å²) in [6, 6.07) is -1.60. The Balaban J connectivity index is 2.30. The van der Waals surface area contributed by atoms with E-state index in [2.05, 4.69) is 15.5 Å². The molecule has 1 aliphatic heterocycles. The Kier molecular flexibility index (Phi) is 4.61. The molecule has 0 aromatic carbocycles. The highest BCUT2D eigenvalue weighted by Crippen LogP contribution is 2.24. The SMILES string of the molecule is CC1(C)CNC(=O)[C@H]1NC(=O)NOCCC(F)(F)F. The molecule has 6 nitrogen and oxygen atoms in total. The van der Waals surface area contributed by atoms with Gasteiger partial charge in [-0.05, 0) is 0 Å². The van der Waals surface area contributed by atoms with Gasteiger partial charge in [-0.15, -0.1) is 0 Å². The normalized spacial score (nSPS) is 21.9. The third kappa shape index (κ3) is 4.93. The van der Waals surface area contributed by atoms with Crippen molar-refractivity contribution in [1.29, 1.82) is 0 Å². The fourth-order valence-corrected chi connectivity index (χ4v) is 1.58. The number of amides is 3. The van der Waals surface area contributed by atoms with E-state index in [0.717, 1.165) is 0 Å². The largest absolute Gasteiger partial charge is 0.391 e. The van der Waals surface area contributed by atoms with Gasteiger partial charge in [0.05, 0.1) is 13.0 Å². The molecule has 3 N–H and O–H groups in total. The first-order chi connectivity index (χ1) is 8.62. The molecule has 3 amide bonds. The number of carbonyl (C=O) groups is 2. The monoisotopic (exact) mass is 283 g/mol. The van der Waals surface area contributed by atoms with Crippen molar-refractivity contribution in [1.82, 2.24) is 16.1 Å². The van der Waals surface area contributed by atoms with Crippen LogP contribution in [0.5, 0.6) is 0 Å². The molecule has 0 radical (unpaired) electrons. The summed E-state index contributed by atoms with van der Waals surface area (Å²) in [5.74, 6) is -0.338. The van der Waals surface area contributed by atoms with Crippen molar-refractivity contribution in [3.63, 3.8) is 0 Å². The van der Waals surface area contributed by atoms with Crippen molar-refractivity contribution in [2.45, 2.75) is 32.5 Å². The molecule has 0 spiro atoms. The molecule has 1 atom stereocenters. The summed E-state index contributed by atoms with van der Waals surface area (Å²) >= 11 is 0. The van der Waals surface area contributed by atoms with E-state index >= 15 is 0 Å². The zero-order valence-electron chi connectivity index (χ0n) is 10.6. The van der Waals surface area contributed by atoms with E-state index in [1.165, 1.54) is 0 Å². The van der Waals surface area contributed by atoms with Gasteiger partial charge in [0.2, 0.25) is 5.91 Å². The van der Waals surface area contributed by atoms with Crippen LogP contribution in [-0.2, 0) is 9.63 Å². The van der Waals surface area contributed by atoms with Crippen LogP contribution in [0.2, 0.25) is 0 Å². The number of rotatable bonds is 4. The number of hydrogen-bond donors (Lipinski definition) is 3. The Morgan fingerprint density at radius 2 is 2.16 bits per heavy atom. The summed E-state index contributed by atoms with van der Waals surface area (Å²) in [4.78, 5) is 27.2. The van der Waals surface area contributed by atoms with E-state index in [1.807, 2.05) is 5.48 Å². The number of carbonyl (C=O) groups excluding carboxylic acids is 2. The molecule has 1 aliphatic rings. The predicted molar refractivity (Wildman–Crippen MR) is 58.9 cm³/mol. The number of halogens is 3. The third-order valence-electron chi connectivity index (χ3n) is 2.69. The Labute approximate surface area is 108 Å². The maximum Gasteiger partial charge on any atom is 0.391 e. The Hall–Kier alpha value is -1.51. The van der Waals surface area contributed by atoms with Gasteiger partial charge >= 0.3 is 12.2 Å². The molecule has 9 heteroatoms. The molecule has 1 heterocycles. The minimum absolute atomic E-state index is 0.338. The Bertz CT molecular complexity index is 358. The summed E-state index contributed by atoms with van der Waals surface area (Å²) in [7, 11) is 0. The van der Waals surface area contributed by atoms with E-state index in [1.54, 1.807) is 13.8 Å². The molecule has 0 saturated carbocycles. The van der Waals surface area contributed by atoms with Crippen molar-refractivity contribution in [2.75, 3.05) is 13.2 Å². The average Bonchev–Trinajstić information content (AvgIpc) is 2.50. The van der Waals surface area contributed by atoms with E-state index in [4.69, 9.17) is 0 Å². The number of urea groups is 1. The van der Waals surface area contributed by atoms with Crippen LogP contribution < -0.4 is 16.1 Å². The zero-order valence-corrected chi connectivity index (χ0v) is 10.6. The van der Waals surface area contributed by atoms with E-state index < -0.39 is 36.7 Å². The van der Waals surface area contributed by atoms with Gasteiger partial charge in [-0.25, -0.2) is 10.3 Å². The number of hydrogen-bond acceptors (Lipinski definition) is 3. The summed E-state index contributed by atoms with van der Waals surface area (Å²) < 4.78 is 35.4. The highest BCUT2D eigenvalue weighted by Gasteiger charge is 2.42. The lowest BCUT2D eigenvalue weighted by Gasteiger charge is -2.24. The van der Waals surface area contributed by atoms with Gasteiger partial charge < -0.3 is 10.6 Å². The topological polar surface area (TPSA) is 79.5 Å².